The van der Waals surface area contributed by atoms with Crippen LogP contribution >= 0.6 is 11.3 Å². The van der Waals surface area contributed by atoms with E-state index in [1.807, 2.05) is 47.4 Å². The number of carbonyl (C=O) groups excluding carboxylic acids is 2. The van der Waals surface area contributed by atoms with Crippen LogP contribution < -0.4 is 9.47 Å². The third kappa shape index (κ3) is 5.51. The normalized spacial score (nSPS) is 16.9. The zero-order valence-electron chi connectivity index (χ0n) is 19.9. The molecule has 3 aromatic rings. The number of hydrogen-bond donors (Lipinski definition) is 0. The van der Waals surface area contributed by atoms with E-state index in [0.29, 0.717) is 36.9 Å². The number of nitrogens with zero attached hydrogens (tertiary/aromatic N) is 2. The first kappa shape index (κ1) is 23.4. The summed E-state index contributed by atoms with van der Waals surface area (Å²) in [5.74, 6) is 1.72. The van der Waals surface area contributed by atoms with Gasteiger partial charge in [0.05, 0.1) is 13.2 Å². The summed E-state index contributed by atoms with van der Waals surface area (Å²) in [7, 11) is 1.59. The number of fused-ring (bicyclic) bond motifs is 1. The molecule has 0 saturated heterocycles. The van der Waals surface area contributed by atoms with E-state index in [0.717, 1.165) is 30.6 Å². The van der Waals surface area contributed by atoms with Crippen molar-refractivity contribution in [1.29, 1.82) is 0 Å². The summed E-state index contributed by atoms with van der Waals surface area (Å²) >= 11 is 1.73. The summed E-state index contributed by atoms with van der Waals surface area (Å²) in [6, 6.07) is 18.7. The second kappa shape index (κ2) is 10.5. The molecule has 2 aliphatic rings. The molecule has 5 rings (SSSR count). The average molecular weight is 491 g/mol. The van der Waals surface area contributed by atoms with Gasteiger partial charge in [-0.3, -0.25) is 9.59 Å². The Balaban J connectivity index is 1.34. The first-order valence-electron chi connectivity index (χ1n) is 12.1. The molecule has 1 atom stereocenters. The molecule has 2 amide bonds. The first-order valence-corrected chi connectivity index (χ1v) is 13.0. The SMILES string of the molecule is COc1cccc(C(=O)N(CC(=O)N2CCc3sccc3[C@@H]2COc2ccccc2)CC2CC2)c1. The van der Waals surface area contributed by atoms with E-state index in [-0.39, 0.29) is 24.4 Å². The van der Waals surface area contributed by atoms with Crippen molar-refractivity contribution >= 4 is 23.2 Å². The number of para-hydroxylation sites is 1. The zero-order chi connectivity index (χ0) is 24.2. The molecular formula is C28H30N2O4S. The second-order valence-electron chi connectivity index (χ2n) is 9.14. The molecule has 35 heavy (non-hydrogen) atoms. The van der Waals surface area contributed by atoms with E-state index in [4.69, 9.17) is 9.47 Å². The minimum Gasteiger partial charge on any atom is -0.497 e. The Hall–Kier alpha value is -3.32. The summed E-state index contributed by atoms with van der Waals surface area (Å²) in [6.07, 6.45) is 3.03. The molecule has 6 nitrogen and oxygen atoms in total. The van der Waals surface area contributed by atoms with Crippen LogP contribution in [0, 0.1) is 5.92 Å². The van der Waals surface area contributed by atoms with E-state index in [1.165, 1.54) is 4.88 Å². The van der Waals surface area contributed by atoms with Crippen molar-refractivity contribution in [3.63, 3.8) is 0 Å². The topological polar surface area (TPSA) is 59.1 Å². The number of thiophene rings is 1. The Morgan fingerprint density at radius 1 is 1.06 bits per heavy atom. The van der Waals surface area contributed by atoms with Gasteiger partial charge in [-0.05, 0) is 72.5 Å². The lowest BCUT2D eigenvalue weighted by atomic mass is 10.0. The van der Waals surface area contributed by atoms with Gasteiger partial charge in [-0.2, -0.15) is 0 Å². The lowest BCUT2D eigenvalue weighted by molar-refractivity contribution is -0.135. The van der Waals surface area contributed by atoms with Gasteiger partial charge in [-0.15, -0.1) is 11.3 Å². The average Bonchev–Trinajstić information content (AvgIpc) is 3.59. The van der Waals surface area contributed by atoms with Crippen molar-refractivity contribution in [2.45, 2.75) is 25.3 Å². The van der Waals surface area contributed by atoms with Crippen molar-refractivity contribution in [2.75, 3.05) is 33.4 Å². The predicted octanol–water partition coefficient (Wildman–Crippen LogP) is 4.81. The predicted molar refractivity (Wildman–Crippen MR) is 136 cm³/mol. The number of hydrogen-bond acceptors (Lipinski definition) is 5. The molecule has 1 aliphatic carbocycles. The van der Waals surface area contributed by atoms with Crippen LogP contribution in [-0.4, -0.2) is 55.0 Å². The first-order chi connectivity index (χ1) is 17.1. The highest BCUT2D eigenvalue weighted by molar-refractivity contribution is 7.10. The Morgan fingerprint density at radius 3 is 2.63 bits per heavy atom. The van der Waals surface area contributed by atoms with Crippen LogP contribution in [-0.2, 0) is 11.2 Å². The molecule has 182 valence electrons. The highest BCUT2D eigenvalue weighted by atomic mass is 32.1. The lowest BCUT2D eigenvalue weighted by Crippen LogP contribution is -2.48. The molecule has 1 aromatic heterocycles. The van der Waals surface area contributed by atoms with Gasteiger partial charge in [0.15, 0.2) is 0 Å². The van der Waals surface area contributed by atoms with Gasteiger partial charge in [0.1, 0.15) is 24.7 Å². The summed E-state index contributed by atoms with van der Waals surface area (Å²) in [5.41, 5.74) is 1.69. The molecule has 0 N–H and O–H groups in total. The Morgan fingerprint density at radius 2 is 1.86 bits per heavy atom. The molecule has 0 radical (unpaired) electrons. The Kier molecular flexibility index (Phi) is 7.04. The van der Waals surface area contributed by atoms with Crippen molar-refractivity contribution in [3.8, 4) is 11.5 Å². The van der Waals surface area contributed by atoms with Crippen molar-refractivity contribution in [2.24, 2.45) is 5.92 Å². The van der Waals surface area contributed by atoms with Gasteiger partial charge in [0.25, 0.3) is 5.91 Å². The van der Waals surface area contributed by atoms with E-state index in [9.17, 15) is 9.59 Å². The maximum Gasteiger partial charge on any atom is 0.254 e. The van der Waals surface area contributed by atoms with Crippen LogP contribution in [0.15, 0.2) is 66.0 Å². The maximum atomic E-state index is 13.7. The number of methoxy groups -OCH3 is 1. The number of ether oxygens (including phenoxy) is 2. The Labute approximate surface area is 210 Å². The van der Waals surface area contributed by atoms with Crippen molar-refractivity contribution in [3.05, 3.63) is 82.0 Å². The molecule has 2 aromatic carbocycles. The van der Waals surface area contributed by atoms with Gasteiger partial charge in [0.2, 0.25) is 5.91 Å². The van der Waals surface area contributed by atoms with Gasteiger partial charge < -0.3 is 19.3 Å². The van der Waals surface area contributed by atoms with E-state index >= 15 is 0 Å². The fourth-order valence-electron chi connectivity index (χ4n) is 4.59. The minimum atomic E-state index is -0.174. The molecule has 1 aliphatic heterocycles. The fraction of sp³-hybridized carbons (Fsp3) is 0.357. The van der Waals surface area contributed by atoms with Crippen LogP contribution in [0.1, 0.15) is 39.7 Å². The van der Waals surface area contributed by atoms with Gasteiger partial charge in [-0.1, -0.05) is 24.3 Å². The standard InChI is InChI=1S/C28H30N2O4S/c1-33-23-9-5-6-21(16-23)28(32)29(17-20-10-11-20)18-27(31)30-14-12-26-24(13-15-35-26)25(30)19-34-22-7-3-2-4-8-22/h2-9,13,15-16,20,25H,10-12,14,17-19H2,1H3/t25-/m0/s1. The van der Waals surface area contributed by atoms with Crippen molar-refractivity contribution < 1.29 is 19.1 Å². The van der Waals surface area contributed by atoms with Crippen molar-refractivity contribution in [1.82, 2.24) is 9.80 Å². The van der Waals surface area contributed by atoms with E-state index in [1.54, 1.807) is 35.5 Å². The molecule has 7 heteroatoms. The molecule has 0 bridgehead atoms. The molecule has 2 heterocycles. The molecule has 0 spiro atoms. The monoisotopic (exact) mass is 490 g/mol. The molecule has 1 fully saturated rings. The summed E-state index contributed by atoms with van der Waals surface area (Å²) < 4.78 is 11.4. The largest absolute Gasteiger partial charge is 0.497 e. The maximum absolute atomic E-state index is 13.7. The van der Waals surface area contributed by atoms with Gasteiger partial charge in [-0.25, -0.2) is 0 Å². The minimum absolute atomic E-state index is 0.0413. The van der Waals surface area contributed by atoms with Gasteiger partial charge >= 0.3 is 0 Å². The quantitative estimate of drug-likeness (QED) is 0.432. The second-order valence-corrected chi connectivity index (χ2v) is 10.1. The van der Waals surface area contributed by atoms with E-state index in [2.05, 4.69) is 11.4 Å². The summed E-state index contributed by atoms with van der Waals surface area (Å²) in [6.45, 7) is 1.67. The van der Waals surface area contributed by atoms with E-state index < -0.39 is 0 Å². The third-order valence-electron chi connectivity index (χ3n) is 6.67. The fourth-order valence-corrected chi connectivity index (χ4v) is 5.52. The van der Waals surface area contributed by atoms with Crippen LogP contribution in [0.25, 0.3) is 0 Å². The van der Waals surface area contributed by atoms with Gasteiger partial charge in [0, 0.05) is 23.5 Å². The van der Waals surface area contributed by atoms with Crippen LogP contribution in [0.2, 0.25) is 0 Å². The zero-order valence-corrected chi connectivity index (χ0v) is 20.7. The third-order valence-corrected chi connectivity index (χ3v) is 7.67. The van der Waals surface area contributed by atoms with Crippen LogP contribution in [0.3, 0.4) is 0 Å². The van der Waals surface area contributed by atoms with Crippen LogP contribution in [0.4, 0.5) is 0 Å². The molecular weight excluding hydrogens is 460 g/mol. The number of benzene rings is 2. The highest BCUT2D eigenvalue weighted by Gasteiger charge is 2.35. The highest BCUT2D eigenvalue weighted by Crippen LogP contribution is 2.35. The smallest absolute Gasteiger partial charge is 0.254 e. The number of amides is 2. The molecule has 1 saturated carbocycles. The number of rotatable bonds is 9. The summed E-state index contributed by atoms with van der Waals surface area (Å²) in [5, 5.41) is 2.08. The van der Waals surface area contributed by atoms with Crippen LogP contribution in [0.5, 0.6) is 11.5 Å². The summed E-state index contributed by atoms with van der Waals surface area (Å²) in [4.78, 5) is 32.0. The lowest BCUT2D eigenvalue weighted by Gasteiger charge is -2.37. The molecule has 0 unspecified atom stereocenters. The number of carbonyl (C=O) groups is 2. The Bertz CT molecular complexity index is 1170.